The standard InChI is InChI=1S/C22H19FN4OS/c1-16-6-4-8-18(14-16)28-12-13-29-22-26-25-21(17-7-5-11-24-15-17)27(22)20-10-3-2-9-19(20)23/h2-11,14-15H,12-13H2,1H3. The number of pyridine rings is 1. The molecule has 2 aromatic carbocycles. The number of nitrogens with zero attached hydrogens (tertiary/aromatic N) is 4. The van der Waals surface area contributed by atoms with Crippen molar-refractivity contribution in [1.29, 1.82) is 0 Å². The van der Waals surface area contributed by atoms with Gasteiger partial charge in [-0.25, -0.2) is 4.39 Å². The van der Waals surface area contributed by atoms with Crippen LogP contribution < -0.4 is 4.74 Å². The zero-order valence-corrected chi connectivity index (χ0v) is 16.6. The maximum absolute atomic E-state index is 14.6. The third-order valence-electron chi connectivity index (χ3n) is 4.22. The molecule has 4 rings (SSSR count). The largest absolute Gasteiger partial charge is 0.493 e. The summed E-state index contributed by atoms with van der Waals surface area (Å²) in [4.78, 5) is 4.14. The summed E-state index contributed by atoms with van der Waals surface area (Å²) in [6, 6.07) is 18.2. The summed E-state index contributed by atoms with van der Waals surface area (Å²) >= 11 is 1.47. The monoisotopic (exact) mass is 406 g/mol. The van der Waals surface area contributed by atoms with E-state index in [1.54, 1.807) is 35.2 Å². The Hall–Kier alpha value is -3.19. The highest BCUT2D eigenvalue weighted by molar-refractivity contribution is 7.99. The maximum Gasteiger partial charge on any atom is 0.196 e. The Kier molecular flexibility index (Phi) is 5.86. The van der Waals surface area contributed by atoms with Gasteiger partial charge in [0.15, 0.2) is 11.0 Å². The second-order valence-corrected chi connectivity index (χ2v) is 7.41. The minimum absolute atomic E-state index is 0.338. The average molecular weight is 406 g/mol. The van der Waals surface area contributed by atoms with Crippen molar-refractivity contribution in [3.63, 3.8) is 0 Å². The molecule has 0 amide bonds. The van der Waals surface area contributed by atoms with Crippen LogP contribution in [0.1, 0.15) is 5.56 Å². The molecule has 0 spiro atoms. The van der Waals surface area contributed by atoms with E-state index in [-0.39, 0.29) is 5.82 Å². The van der Waals surface area contributed by atoms with Crippen LogP contribution in [-0.2, 0) is 0 Å². The van der Waals surface area contributed by atoms with Gasteiger partial charge in [0.1, 0.15) is 11.6 Å². The third-order valence-corrected chi connectivity index (χ3v) is 5.11. The van der Waals surface area contributed by atoms with Crippen molar-refractivity contribution in [1.82, 2.24) is 19.7 Å². The molecule has 7 heteroatoms. The van der Waals surface area contributed by atoms with Crippen LogP contribution in [0.4, 0.5) is 4.39 Å². The molecular formula is C22H19FN4OS. The summed E-state index contributed by atoms with van der Waals surface area (Å²) in [5.74, 6) is 1.69. The molecule has 0 atom stereocenters. The number of ether oxygens (including phenoxy) is 1. The summed E-state index contributed by atoms with van der Waals surface area (Å²) in [6.45, 7) is 2.53. The molecule has 0 radical (unpaired) electrons. The van der Waals surface area contributed by atoms with Gasteiger partial charge in [0, 0.05) is 23.7 Å². The molecule has 0 aliphatic carbocycles. The quantitative estimate of drug-likeness (QED) is 0.321. The lowest BCUT2D eigenvalue weighted by Gasteiger charge is -2.11. The predicted molar refractivity (Wildman–Crippen MR) is 112 cm³/mol. The van der Waals surface area contributed by atoms with E-state index in [1.165, 1.54) is 17.8 Å². The van der Waals surface area contributed by atoms with E-state index in [9.17, 15) is 4.39 Å². The van der Waals surface area contributed by atoms with Crippen LogP contribution >= 0.6 is 11.8 Å². The first-order valence-corrected chi connectivity index (χ1v) is 10.1. The Morgan fingerprint density at radius 2 is 1.93 bits per heavy atom. The SMILES string of the molecule is Cc1cccc(OCCSc2nnc(-c3cccnc3)n2-c2ccccc2F)c1. The van der Waals surface area contributed by atoms with Gasteiger partial charge >= 0.3 is 0 Å². The van der Waals surface area contributed by atoms with Gasteiger partial charge in [0.2, 0.25) is 0 Å². The lowest BCUT2D eigenvalue weighted by Crippen LogP contribution is -2.05. The molecule has 0 saturated heterocycles. The molecule has 0 bridgehead atoms. The normalized spacial score (nSPS) is 10.8. The van der Waals surface area contributed by atoms with E-state index < -0.39 is 0 Å². The minimum atomic E-state index is -0.338. The Labute approximate surface area is 172 Å². The molecule has 146 valence electrons. The molecule has 0 N–H and O–H groups in total. The average Bonchev–Trinajstić information content (AvgIpc) is 3.16. The van der Waals surface area contributed by atoms with Crippen LogP contribution in [0.25, 0.3) is 17.1 Å². The molecule has 2 heterocycles. The summed E-state index contributed by atoms with van der Waals surface area (Å²) in [5, 5.41) is 9.19. The Morgan fingerprint density at radius 3 is 2.72 bits per heavy atom. The summed E-state index contributed by atoms with van der Waals surface area (Å²) < 4.78 is 22.1. The number of para-hydroxylation sites is 1. The van der Waals surface area contributed by atoms with Crippen LogP contribution in [0.3, 0.4) is 0 Å². The van der Waals surface area contributed by atoms with E-state index >= 15 is 0 Å². The lowest BCUT2D eigenvalue weighted by atomic mass is 10.2. The van der Waals surface area contributed by atoms with Gasteiger partial charge in [-0.3, -0.25) is 9.55 Å². The highest BCUT2D eigenvalue weighted by Crippen LogP contribution is 2.28. The van der Waals surface area contributed by atoms with Crippen molar-refractivity contribution in [3.8, 4) is 22.8 Å². The predicted octanol–water partition coefficient (Wildman–Crippen LogP) is 4.95. The second-order valence-electron chi connectivity index (χ2n) is 6.35. The molecular weight excluding hydrogens is 387 g/mol. The maximum atomic E-state index is 14.6. The summed E-state index contributed by atoms with van der Waals surface area (Å²) in [7, 11) is 0. The van der Waals surface area contributed by atoms with Crippen LogP contribution in [0.5, 0.6) is 5.75 Å². The third kappa shape index (κ3) is 4.46. The number of aryl methyl sites for hydroxylation is 1. The lowest BCUT2D eigenvalue weighted by molar-refractivity contribution is 0.343. The molecule has 0 aliphatic rings. The Balaban J connectivity index is 1.57. The zero-order chi connectivity index (χ0) is 20.1. The molecule has 29 heavy (non-hydrogen) atoms. The van der Waals surface area contributed by atoms with Crippen LogP contribution in [0.2, 0.25) is 0 Å². The number of benzene rings is 2. The van der Waals surface area contributed by atoms with Crippen molar-refractivity contribution in [2.45, 2.75) is 12.1 Å². The highest BCUT2D eigenvalue weighted by atomic mass is 32.2. The molecule has 0 saturated carbocycles. The van der Waals surface area contributed by atoms with Crippen molar-refractivity contribution >= 4 is 11.8 Å². The van der Waals surface area contributed by atoms with E-state index in [2.05, 4.69) is 15.2 Å². The second kappa shape index (κ2) is 8.87. The van der Waals surface area contributed by atoms with Gasteiger partial charge < -0.3 is 4.74 Å². The number of rotatable bonds is 7. The number of halogens is 1. The molecule has 4 aromatic rings. The molecule has 2 aromatic heterocycles. The molecule has 0 unspecified atom stereocenters. The fourth-order valence-electron chi connectivity index (χ4n) is 2.89. The van der Waals surface area contributed by atoms with Crippen LogP contribution in [0, 0.1) is 12.7 Å². The number of hydrogen-bond donors (Lipinski definition) is 0. The fraction of sp³-hybridized carbons (Fsp3) is 0.136. The highest BCUT2D eigenvalue weighted by Gasteiger charge is 2.18. The van der Waals surface area contributed by atoms with Gasteiger partial charge in [-0.15, -0.1) is 10.2 Å². The van der Waals surface area contributed by atoms with Gasteiger partial charge in [-0.05, 0) is 48.9 Å². The van der Waals surface area contributed by atoms with Crippen molar-refractivity contribution < 1.29 is 9.13 Å². The zero-order valence-electron chi connectivity index (χ0n) is 15.8. The summed E-state index contributed by atoms with van der Waals surface area (Å²) in [5.41, 5.74) is 2.32. The van der Waals surface area contributed by atoms with E-state index in [0.717, 1.165) is 16.9 Å². The van der Waals surface area contributed by atoms with Gasteiger partial charge in [-0.1, -0.05) is 36.0 Å². The summed E-state index contributed by atoms with van der Waals surface area (Å²) in [6.07, 6.45) is 3.38. The van der Waals surface area contributed by atoms with E-state index in [4.69, 9.17) is 4.74 Å². The first kappa shape index (κ1) is 19.1. The fourth-order valence-corrected chi connectivity index (χ4v) is 3.65. The van der Waals surface area contributed by atoms with Gasteiger partial charge in [-0.2, -0.15) is 0 Å². The van der Waals surface area contributed by atoms with Gasteiger partial charge in [0.25, 0.3) is 0 Å². The van der Waals surface area contributed by atoms with E-state index in [1.807, 2.05) is 43.3 Å². The van der Waals surface area contributed by atoms with Crippen LogP contribution in [-0.4, -0.2) is 32.1 Å². The van der Waals surface area contributed by atoms with Crippen molar-refractivity contribution in [2.75, 3.05) is 12.4 Å². The Morgan fingerprint density at radius 1 is 1.03 bits per heavy atom. The number of thioether (sulfide) groups is 1. The first-order valence-electron chi connectivity index (χ1n) is 9.15. The van der Waals surface area contributed by atoms with Crippen LogP contribution in [0.15, 0.2) is 78.2 Å². The minimum Gasteiger partial charge on any atom is -0.493 e. The molecule has 0 aliphatic heterocycles. The first-order chi connectivity index (χ1) is 14.2. The number of hydrogen-bond acceptors (Lipinski definition) is 5. The van der Waals surface area contributed by atoms with Gasteiger partial charge in [0.05, 0.1) is 12.3 Å². The van der Waals surface area contributed by atoms with Crippen molar-refractivity contribution in [3.05, 3.63) is 84.4 Å². The smallest absolute Gasteiger partial charge is 0.196 e. The van der Waals surface area contributed by atoms with E-state index in [0.29, 0.717) is 29.0 Å². The molecule has 0 fully saturated rings. The molecule has 5 nitrogen and oxygen atoms in total. The van der Waals surface area contributed by atoms with Crippen molar-refractivity contribution in [2.24, 2.45) is 0 Å². The topological polar surface area (TPSA) is 52.8 Å². The Bertz CT molecular complexity index is 1100. The number of aromatic nitrogens is 4.